The smallest absolute Gasteiger partial charge is 0.325 e. The third kappa shape index (κ3) is 3.45. The Morgan fingerprint density at radius 1 is 1.35 bits per heavy atom. The monoisotopic (exact) mass is 340 g/mol. The molecule has 0 unspecified atom stereocenters. The summed E-state index contributed by atoms with van der Waals surface area (Å²) in [6.45, 7) is 0. The number of benzene rings is 1. The highest BCUT2D eigenvalue weighted by molar-refractivity contribution is 7.87. The van der Waals surface area contributed by atoms with E-state index < -0.39 is 39.6 Å². The van der Waals surface area contributed by atoms with Crippen LogP contribution in [0, 0.1) is 0 Å². The van der Waals surface area contributed by atoms with E-state index in [1.165, 1.54) is 24.3 Å². The molecule has 1 heterocycles. The highest BCUT2D eigenvalue weighted by Gasteiger charge is 2.48. The normalized spacial score (nSPS) is 17.8. The van der Waals surface area contributed by atoms with E-state index in [1.54, 1.807) is 0 Å². The Balaban J connectivity index is 2.15. The molecule has 1 saturated heterocycles. The van der Waals surface area contributed by atoms with Crippen molar-refractivity contribution in [1.82, 2.24) is 5.06 Å². The van der Waals surface area contributed by atoms with E-state index in [4.69, 9.17) is 10.1 Å². The molecular formula is C11H8N4O7S. The molecular weight excluding hydrogens is 332 g/mol. The number of rotatable bonds is 4. The van der Waals surface area contributed by atoms with E-state index >= 15 is 0 Å². The van der Waals surface area contributed by atoms with Crippen LogP contribution in [-0.4, -0.2) is 41.1 Å². The first-order valence-electron chi connectivity index (χ1n) is 5.94. The number of nitrogens with zero attached hydrogens (tertiary/aromatic N) is 4. The van der Waals surface area contributed by atoms with Crippen molar-refractivity contribution < 1.29 is 32.2 Å². The maximum atomic E-state index is 11.8. The summed E-state index contributed by atoms with van der Waals surface area (Å²) in [4.78, 5) is 42.2. The van der Waals surface area contributed by atoms with Crippen molar-refractivity contribution in [3.8, 4) is 0 Å². The Morgan fingerprint density at radius 2 is 1.96 bits per heavy atom. The number of amides is 2. The maximum Gasteiger partial charge on any atom is 0.363 e. The van der Waals surface area contributed by atoms with Crippen LogP contribution in [0.2, 0.25) is 0 Å². The summed E-state index contributed by atoms with van der Waals surface area (Å²) >= 11 is 0. The van der Waals surface area contributed by atoms with Crippen LogP contribution in [0.3, 0.4) is 0 Å². The lowest BCUT2D eigenvalue weighted by molar-refractivity contribution is -0.172. The number of azide groups is 1. The largest absolute Gasteiger partial charge is 0.363 e. The van der Waals surface area contributed by atoms with Gasteiger partial charge in [-0.1, -0.05) is 17.2 Å². The number of imide groups is 1. The molecule has 0 radical (unpaired) electrons. The molecule has 0 aliphatic carbocycles. The molecule has 2 amide bonds. The Hall–Kier alpha value is -2.95. The molecule has 0 bridgehead atoms. The quantitative estimate of drug-likeness (QED) is 0.277. The van der Waals surface area contributed by atoms with Crippen molar-refractivity contribution in [3.05, 3.63) is 40.3 Å². The summed E-state index contributed by atoms with van der Waals surface area (Å²) in [5.41, 5.74) is 8.41. The topological polar surface area (TPSA) is 167 Å². The third-order valence-electron chi connectivity index (χ3n) is 2.86. The Bertz CT molecular complexity index is 826. The van der Waals surface area contributed by atoms with E-state index in [1.807, 2.05) is 0 Å². The van der Waals surface area contributed by atoms with Crippen LogP contribution < -0.4 is 0 Å². The molecule has 1 fully saturated rings. The van der Waals surface area contributed by atoms with Crippen molar-refractivity contribution >= 4 is 33.6 Å². The van der Waals surface area contributed by atoms with E-state index in [9.17, 15) is 22.8 Å². The molecule has 1 aliphatic rings. The SMILES string of the molecule is [N-]=[N+]=Nc1ccc(C(=O)ON2C(=O)C[C@@H](S(=O)(=O)O)C2=O)cc1. The molecule has 0 spiro atoms. The number of hydrogen-bond acceptors (Lipinski definition) is 7. The minimum Gasteiger partial charge on any atom is -0.325 e. The molecule has 11 nitrogen and oxygen atoms in total. The summed E-state index contributed by atoms with van der Waals surface area (Å²) in [6.07, 6.45) is -0.819. The van der Waals surface area contributed by atoms with Crippen molar-refractivity contribution in [1.29, 1.82) is 0 Å². The van der Waals surface area contributed by atoms with Gasteiger partial charge in [0.1, 0.15) is 0 Å². The highest BCUT2D eigenvalue weighted by Crippen LogP contribution is 2.21. The first kappa shape index (κ1) is 16.4. The molecule has 0 aromatic heterocycles. The third-order valence-corrected chi connectivity index (χ3v) is 3.95. The van der Waals surface area contributed by atoms with Crippen molar-refractivity contribution in [2.24, 2.45) is 5.11 Å². The van der Waals surface area contributed by atoms with Crippen LogP contribution in [0.4, 0.5) is 5.69 Å². The molecule has 1 N–H and O–H groups in total. The van der Waals surface area contributed by atoms with Gasteiger partial charge in [-0.05, 0) is 17.7 Å². The molecule has 12 heteroatoms. The minimum absolute atomic E-state index is 0.00210. The van der Waals surface area contributed by atoms with Crippen LogP contribution in [0.25, 0.3) is 10.4 Å². The highest BCUT2D eigenvalue weighted by atomic mass is 32.2. The second-order valence-electron chi connectivity index (χ2n) is 4.35. The van der Waals surface area contributed by atoms with Gasteiger partial charge in [0.05, 0.1) is 12.0 Å². The lowest BCUT2D eigenvalue weighted by Gasteiger charge is -2.13. The lowest BCUT2D eigenvalue weighted by Crippen LogP contribution is -2.36. The molecule has 1 atom stereocenters. The zero-order valence-corrected chi connectivity index (χ0v) is 12.0. The van der Waals surface area contributed by atoms with Gasteiger partial charge in [0.25, 0.3) is 21.9 Å². The maximum absolute atomic E-state index is 11.8. The molecule has 2 rings (SSSR count). The second kappa shape index (κ2) is 6.04. The van der Waals surface area contributed by atoms with Gasteiger partial charge in [0.15, 0.2) is 5.25 Å². The van der Waals surface area contributed by atoms with Crippen LogP contribution in [0.1, 0.15) is 16.8 Å². The summed E-state index contributed by atoms with van der Waals surface area (Å²) in [6, 6.07) is 5.03. The standard InChI is InChI=1S/C11H8N4O7S/c12-14-13-7-3-1-6(2-4-7)11(18)22-15-9(16)5-8(10(15)17)23(19,20)21/h1-4,8H,5H2,(H,19,20,21)/t8-/m1/s1. The van der Waals surface area contributed by atoms with Gasteiger partial charge in [-0.25, -0.2) is 4.79 Å². The predicted molar refractivity (Wildman–Crippen MR) is 72.5 cm³/mol. The Labute approximate surface area is 128 Å². The second-order valence-corrected chi connectivity index (χ2v) is 5.95. The van der Waals surface area contributed by atoms with Crippen LogP contribution in [0.15, 0.2) is 29.4 Å². The molecule has 1 aromatic carbocycles. The summed E-state index contributed by atoms with van der Waals surface area (Å²) in [5.74, 6) is -3.52. The van der Waals surface area contributed by atoms with Gasteiger partial charge >= 0.3 is 5.97 Å². The van der Waals surface area contributed by atoms with Gasteiger partial charge in [-0.15, -0.1) is 5.06 Å². The van der Waals surface area contributed by atoms with E-state index in [-0.39, 0.29) is 16.3 Å². The van der Waals surface area contributed by atoms with Crippen molar-refractivity contribution in [2.75, 3.05) is 0 Å². The summed E-state index contributed by atoms with van der Waals surface area (Å²) in [5, 5.41) is 1.30. The predicted octanol–water partition coefficient (Wildman–Crippen LogP) is 0.716. The van der Waals surface area contributed by atoms with Gasteiger partial charge in [-0.3, -0.25) is 14.1 Å². The van der Waals surface area contributed by atoms with Gasteiger partial charge in [0.2, 0.25) is 0 Å². The fraction of sp³-hybridized carbons (Fsp3) is 0.182. The first-order chi connectivity index (χ1) is 10.7. The molecule has 120 valence electrons. The summed E-state index contributed by atoms with van der Waals surface area (Å²) in [7, 11) is -4.78. The Morgan fingerprint density at radius 3 is 2.43 bits per heavy atom. The number of hydroxylamine groups is 2. The molecule has 23 heavy (non-hydrogen) atoms. The zero-order chi connectivity index (χ0) is 17.2. The Kier molecular flexibility index (Phi) is 4.31. The van der Waals surface area contributed by atoms with Crippen LogP contribution in [0.5, 0.6) is 0 Å². The molecule has 1 aromatic rings. The number of hydrogen-bond donors (Lipinski definition) is 1. The fourth-order valence-corrected chi connectivity index (χ4v) is 2.47. The van der Waals surface area contributed by atoms with Gasteiger partial charge in [0, 0.05) is 10.6 Å². The van der Waals surface area contributed by atoms with E-state index in [0.717, 1.165) is 0 Å². The average molecular weight is 340 g/mol. The average Bonchev–Trinajstić information content (AvgIpc) is 2.76. The van der Waals surface area contributed by atoms with Gasteiger partial charge in [-0.2, -0.15) is 8.42 Å². The fourth-order valence-electron chi connectivity index (χ4n) is 1.76. The van der Waals surface area contributed by atoms with Gasteiger partial charge < -0.3 is 4.84 Å². The zero-order valence-electron chi connectivity index (χ0n) is 11.2. The van der Waals surface area contributed by atoms with Crippen molar-refractivity contribution in [2.45, 2.75) is 11.7 Å². The number of carbonyl (C=O) groups excluding carboxylic acids is 3. The van der Waals surface area contributed by atoms with Crippen LogP contribution in [-0.2, 0) is 24.5 Å². The molecule has 0 saturated carbocycles. The summed E-state index contributed by atoms with van der Waals surface area (Å²) < 4.78 is 30.8. The minimum atomic E-state index is -4.78. The first-order valence-corrected chi connectivity index (χ1v) is 7.45. The molecule has 1 aliphatic heterocycles. The van der Waals surface area contributed by atoms with Crippen molar-refractivity contribution in [3.63, 3.8) is 0 Å². The lowest BCUT2D eigenvalue weighted by atomic mass is 10.2. The van der Waals surface area contributed by atoms with Crippen LogP contribution >= 0.6 is 0 Å². The number of carbonyl (C=O) groups is 3. The van der Waals surface area contributed by atoms with E-state index in [0.29, 0.717) is 0 Å². The van der Waals surface area contributed by atoms with E-state index in [2.05, 4.69) is 14.9 Å².